The highest BCUT2D eigenvalue weighted by molar-refractivity contribution is 9.10. The Morgan fingerprint density at radius 2 is 2.27 bits per heavy atom. The number of allylic oxidation sites excluding steroid dienone is 1. The minimum atomic E-state index is 0.506. The van der Waals surface area contributed by atoms with Gasteiger partial charge in [0.15, 0.2) is 0 Å². The molecule has 2 heteroatoms. The maximum Gasteiger partial charge on any atom is 0.0444 e. The van der Waals surface area contributed by atoms with Crippen LogP contribution in [-0.4, -0.2) is 6.04 Å². The molecule has 0 saturated heterocycles. The van der Waals surface area contributed by atoms with E-state index in [0.717, 1.165) is 0 Å². The van der Waals surface area contributed by atoms with Crippen LogP contribution in [0.15, 0.2) is 34.8 Å². The van der Waals surface area contributed by atoms with Crippen LogP contribution in [0.1, 0.15) is 24.8 Å². The summed E-state index contributed by atoms with van der Waals surface area (Å²) < 4.78 is 1.17. The van der Waals surface area contributed by atoms with Crippen molar-refractivity contribution < 1.29 is 0 Å². The van der Waals surface area contributed by atoms with E-state index in [2.05, 4.69) is 58.5 Å². The molecule has 0 aromatic heterocycles. The van der Waals surface area contributed by atoms with Gasteiger partial charge in [-0.25, -0.2) is 0 Å². The van der Waals surface area contributed by atoms with Gasteiger partial charge < -0.3 is 5.32 Å². The molecule has 80 valence electrons. The standard InChI is InChI=1S/C13H16BrN/c1-10-12(14)8-5-9-13(10)15-11-6-3-2-4-7-11/h3,5-6,8-9,11,15H,2,4,7H2,1H3. The third-order valence-electron chi connectivity index (χ3n) is 2.86. The first-order chi connectivity index (χ1) is 7.27. The molecule has 0 heterocycles. The van der Waals surface area contributed by atoms with Crippen LogP contribution >= 0.6 is 15.9 Å². The summed E-state index contributed by atoms with van der Waals surface area (Å²) in [5.74, 6) is 0. The van der Waals surface area contributed by atoms with Crippen LogP contribution in [0.5, 0.6) is 0 Å². The molecule has 0 saturated carbocycles. The van der Waals surface area contributed by atoms with Crippen molar-refractivity contribution in [3.05, 3.63) is 40.4 Å². The van der Waals surface area contributed by atoms with E-state index in [1.54, 1.807) is 0 Å². The molecular weight excluding hydrogens is 250 g/mol. The summed E-state index contributed by atoms with van der Waals surface area (Å²) in [5, 5.41) is 3.57. The molecule has 1 aliphatic carbocycles. The van der Waals surface area contributed by atoms with Crippen LogP contribution in [0.3, 0.4) is 0 Å². The van der Waals surface area contributed by atoms with Gasteiger partial charge in [-0.15, -0.1) is 0 Å². The summed E-state index contributed by atoms with van der Waals surface area (Å²) >= 11 is 3.55. The average Bonchev–Trinajstić information content (AvgIpc) is 2.26. The Morgan fingerprint density at radius 1 is 1.40 bits per heavy atom. The van der Waals surface area contributed by atoms with E-state index < -0.39 is 0 Å². The van der Waals surface area contributed by atoms with E-state index in [0.29, 0.717) is 6.04 Å². The number of hydrogen-bond donors (Lipinski definition) is 1. The van der Waals surface area contributed by atoms with Crippen LogP contribution < -0.4 is 5.32 Å². The van der Waals surface area contributed by atoms with Gasteiger partial charge in [-0.1, -0.05) is 34.1 Å². The summed E-state index contributed by atoms with van der Waals surface area (Å²) in [7, 11) is 0. The lowest BCUT2D eigenvalue weighted by atomic mass is 10.0. The van der Waals surface area contributed by atoms with Crippen molar-refractivity contribution in [2.45, 2.75) is 32.2 Å². The normalized spacial score (nSPS) is 20.3. The molecule has 2 rings (SSSR count). The summed E-state index contributed by atoms with van der Waals surface area (Å²) in [6.45, 7) is 2.14. The fourth-order valence-electron chi connectivity index (χ4n) is 1.90. The van der Waals surface area contributed by atoms with Crippen molar-refractivity contribution in [2.75, 3.05) is 5.32 Å². The third kappa shape index (κ3) is 2.63. The van der Waals surface area contributed by atoms with Gasteiger partial charge in [0.2, 0.25) is 0 Å². The predicted octanol–water partition coefficient (Wildman–Crippen LogP) is 4.28. The van der Waals surface area contributed by atoms with Gasteiger partial charge in [-0.2, -0.15) is 0 Å². The lowest BCUT2D eigenvalue weighted by Crippen LogP contribution is -2.19. The predicted molar refractivity (Wildman–Crippen MR) is 69.3 cm³/mol. The smallest absolute Gasteiger partial charge is 0.0444 e. The third-order valence-corrected chi connectivity index (χ3v) is 3.72. The average molecular weight is 266 g/mol. The molecule has 1 atom stereocenters. The molecule has 1 N–H and O–H groups in total. The largest absolute Gasteiger partial charge is 0.379 e. The zero-order valence-electron chi connectivity index (χ0n) is 8.96. The van der Waals surface area contributed by atoms with E-state index in [-0.39, 0.29) is 0 Å². The van der Waals surface area contributed by atoms with Gasteiger partial charge in [0, 0.05) is 16.2 Å². The molecular formula is C13H16BrN. The van der Waals surface area contributed by atoms with Crippen molar-refractivity contribution in [1.82, 2.24) is 0 Å². The van der Waals surface area contributed by atoms with Crippen LogP contribution in [0.25, 0.3) is 0 Å². The van der Waals surface area contributed by atoms with E-state index in [9.17, 15) is 0 Å². The highest BCUT2D eigenvalue weighted by Crippen LogP contribution is 2.25. The summed E-state index contributed by atoms with van der Waals surface area (Å²) in [4.78, 5) is 0. The highest BCUT2D eigenvalue weighted by Gasteiger charge is 2.09. The Bertz CT molecular complexity index is 371. The maximum atomic E-state index is 3.57. The first kappa shape index (κ1) is 10.7. The number of benzene rings is 1. The maximum absolute atomic E-state index is 3.57. The molecule has 1 aromatic rings. The molecule has 0 radical (unpaired) electrons. The quantitative estimate of drug-likeness (QED) is 0.788. The zero-order valence-corrected chi connectivity index (χ0v) is 10.5. The van der Waals surface area contributed by atoms with E-state index in [1.165, 1.54) is 35.0 Å². The van der Waals surface area contributed by atoms with Gasteiger partial charge in [0.25, 0.3) is 0 Å². The van der Waals surface area contributed by atoms with Crippen LogP contribution in [0.2, 0.25) is 0 Å². The molecule has 0 fully saturated rings. The Kier molecular flexibility index (Phi) is 3.47. The van der Waals surface area contributed by atoms with Crippen molar-refractivity contribution in [2.24, 2.45) is 0 Å². The first-order valence-corrected chi connectivity index (χ1v) is 6.25. The van der Waals surface area contributed by atoms with E-state index in [4.69, 9.17) is 0 Å². The van der Waals surface area contributed by atoms with Crippen molar-refractivity contribution in [3.63, 3.8) is 0 Å². The Labute approximate surface area is 99.7 Å². The van der Waals surface area contributed by atoms with Crippen LogP contribution in [-0.2, 0) is 0 Å². The van der Waals surface area contributed by atoms with Gasteiger partial charge in [0.1, 0.15) is 0 Å². The zero-order chi connectivity index (χ0) is 10.7. The highest BCUT2D eigenvalue weighted by atomic mass is 79.9. The minimum Gasteiger partial charge on any atom is -0.379 e. The fourth-order valence-corrected chi connectivity index (χ4v) is 2.26. The number of nitrogens with one attached hydrogen (secondary N) is 1. The van der Waals surface area contributed by atoms with Crippen LogP contribution in [0, 0.1) is 6.92 Å². The Hall–Kier alpha value is -0.760. The minimum absolute atomic E-state index is 0.506. The molecule has 0 amide bonds. The molecule has 0 aliphatic heterocycles. The number of rotatable bonds is 2. The lowest BCUT2D eigenvalue weighted by Gasteiger charge is -2.20. The number of halogens is 1. The first-order valence-electron chi connectivity index (χ1n) is 5.45. The second-order valence-corrected chi connectivity index (χ2v) is 4.88. The molecule has 15 heavy (non-hydrogen) atoms. The second-order valence-electron chi connectivity index (χ2n) is 4.02. The Balaban J connectivity index is 2.13. The van der Waals surface area contributed by atoms with Crippen molar-refractivity contribution >= 4 is 21.6 Å². The van der Waals surface area contributed by atoms with Crippen LogP contribution in [0.4, 0.5) is 5.69 Å². The monoisotopic (exact) mass is 265 g/mol. The summed E-state index contributed by atoms with van der Waals surface area (Å²) in [6, 6.07) is 6.80. The lowest BCUT2D eigenvalue weighted by molar-refractivity contribution is 0.673. The van der Waals surface area contributed by atoms with E-state index >= 15 is 0 Å². The molecule has 1 aliphatic rings. The van der Waals surface area contributed by atoms with Gasteiger partial charge in [-0.05, 0) is 43.9 Å². The SMILES string of the molecule is Cc1c(Br)cccc1NC1C=CCCC1. The Morgan fingerprint density at radius 3 is 3.00 bits per heavy atom. The number of hydrogen-bond acceptors (Lipinski definition) is 1. The molecule has 1 nitrogen and oxygen atoms in total. The van der Waals surface area contributed by atoms with Crippen molar-refractivity contribution in [1.29, 1.82) is 0 Å². The van der Waals surface area contributed by atoms with E-state index in [1.807, 2.05) is 0 Å². The van der Waals surface area contributed by atoms with Gasteiger partial charge in [-0.3, -0.25) is 0 Å². The topological polar surface area (TPSA) is 12.0 Å². The molecule has 0 bridgehead atoms. The molecule has 1 unspecified atom stereocenters. The van der Waals surface area contributed by atoms with Crippen molar-refractivity contribution in [3.8, 4) is 0 Å². The summed E-state index contributed by atoms with van der Waals surface area (Å²) in [5.41, 5.74) is 2.53. The second kappa shape index (κ2) is 4.84. The summed E-state index contributed by atoms with van der Waals surface area (Å²) in [6.07, 6.45) is 8.32. The molecule has 1 aromatic carbocycles. The molecule has 0 spiro atoms. The van der Waals surface area contributed by atoms with Gasteiger partial charge in [0.05, 0.1) is 0 Å². The fraction of sp³-hybridized carbons (Fsp3) is 0.385. The number of anilines is 1. The van der Waals surface area contributed by atoms with Gasteiger partial charge >= 0.3 is 0 Å².